The highest BCUT2D eigenvalue weighted by atomic mass is 14.5. The molecule has 14 rings (SSSR count). The van der Waals surface area contributed by atoms with E-state index in [1.807, 2.05) is 0 Å². The first kappa shape index (κ1) is 32.1. The molecule has 4 bridgehead atoms. The van der Waals surface area contributed by atoms with E-state index in [4.69, 9.17) is 0 Å². The van der Waals surface area contributed by atoms with Gasteiger partial charge < -0.3 is 0 Å². The molecule has 0 heteroatoms. The molecule has 57 heavy (non-hydrogen) atoms. The highest BCUT2D eigenvalue weighted by Crippen LogP contribution is 2.62. The molecule has 272 valence electrons. The molecule has 0 aromatic heterocycles. The van der Waals surface area contributed by atoms with Crippen molar-refractivity contribution in [2.45, 2.75) is 44.4 Å². The first-order valence-electron chi connectivity index (χ1n) is 21.4. The molecular weight excluding hydrogens is 685 g/mol. The Balaban J connectivity index is 1.00. The fraction of sp³-hybridized carbons (Fsp3) is 0.193. The summed E-state index contributed by atoms with van der Waals surface area (Å²) in [6, 6.07) is 62.4. The second kappa shape index (κ2) is 12.3. The Morgan fingerprint density at radius 2 is 0.807 bits per heavy atom. The van der Waals surface area contributed by atoms with Crippen LogP contribution in [-0.4, -0.2) is 0 Å². The van der Waals surface area contributed by atoms with E-state index in [1.165, 1.54) is 131 Å². The van der Waals surface area contributed by atoms with Crippen LogP contribution >= 0.6 is 0 Å². The van der Waals surface area contributed by atoms with Crippen molar-refractivity contribution in [3.8, 4) is 44.5 Å². The zero-order valence-corrected chi connectivity index (χ0v) is 32.2. The summed E-state index contributed by atoms with van der Waals surface area (Å²) in [5, 5.41) is 11.1. The SMILES string of the molecule is c1ccc(-c2c3ccccc3c(-c3ccc4c(c3)Cc3cccc(-c5c6ccccc6c(C6C7CC8CC(C7)CC6C8)c6ccccc56)c3-4)c3ccccc23)cc1. The van der Waals surface area contributed by atoms with Crippen LogP contribution in [0.4, 0.5) is 0 Å². The van der Waals surface area contributed by atoms with Gasteiger partial charge in [0.15, 0.2) is 0 Å². The summed E-state index contributed by atoms with van der Waals surface area (Å²) in [6.07, 6.45) is 8.21. The van der Waals surface area contributed by atoms with E-state index in [9.17, 15) is 0 Å². The fourth-order valence-corrected chi connectivity index (χ4v) is 13.2. The molecule has 5 aliphatic rings. The lowest BCUT2D eigenvalue weighted by molar-refractivity contribution is -0.00185. The minimum atomic E-state index is 0.677. The smallest absolute Gasteiger partial charge is 0.00130 e. The van der Waals surface area contributed by atoms with Crippen molar-refractivity contribution in [2.24, 2.45) is 23.7 Å². The minimum absolute atomic E-state index is 0.677. The summed E-state index contributed by atoms with van der Waals surface area (Å²) in [6.45, 7) is 0. The molecule has 0 aliphatic heterocycles. The second-order valence-corrected chi connectivity index (χ2v) is 17.9. The van der Waals surface area contributed by atoms with Gasteiger partial charge in [-0.05, 0) is 172 Å². The average molecular weight is 729 g/mol. The molecule has 0 saturated heterocycles. The van der Waals surface area contributed by atoms with Gasteiger partial charge in [0, 0.05) is 0 Å². The summed E-state index contributed by atoms with van der Waals surface area (Å²) in [7, 11) is 0. The van der Waals surface area contributed by atoms with Crippen molar-refractivity contribution in [2.75, 3.05) is 0 Å². The average Bonchev–Trinajstić information content (AvgIpc) is 3.63. The molecule has 4 fully saturated rings. The van der Waals surface area contributed by atoms with Gasteiger partial charge in [0.25, 0.3) is 0 Å². The fourth-order valence-electron chi connectivity index (χ4n) is 13.2. The van der Waals surface area contributed by atoms with Gasteiger partial charge in [-0.3, -0.25) is 0 Å². The van der Waals surface area contributed by atoms with Crippen molar-refractivity contribution in [1.29, 1.82) is 0 Å². The van der Waals surface area contributed by atoms with Crippen molar-refractivity contribution in [1.82, 2.24) is 0 Å². The Labute approximate surface area is 334 Å². The zero-order chi connectivity index (χ0) is 37.2. The molecule has 0 heterocycles. The first-order valence-corrected chi connectivity index (χ1v) is 21.4. The Morgan fingerprint density at radius 3 is 1.37 bits per heavy atom. The molecule has 5 aliphatic carbocycles. The topological polar surface area (TPSA) is 0 Å². The van der Waals surface area contributed by atoms with Crippen LogP contribution in [0, 0.1) is 23.7 Å². The Hall–Kier alpha value is -5.98. The van der Waals surface area contributed by atoms with Crippen LogP contribution in [0.3, 0.4) is 0 Å². The van der Waals surface area contributed by atoms with Crippen LogP contribution < -0.4 is 0 Å². The zero-order valence-electron chi connectivity index (χ0n) is 32.2. The van der Waals surface area contributed by atoms with Crippen molar-refractivity contribution in [3.05, 3.63) is 180 Å². The maximum atomic E-state index is 2.52. The summed E-state index contributed by atoms with van der Waals surface area (Å²) in [5.74, 6) is 4.30. The lowest BCUT2D eigenvalue weighted by Crippen LogP contribution is -2.43. The third kappa shape index (κ3) is 4.68. The lowest BCUT2D eigenvalue weighted by atomic mass is 9.50. The maximum Gasteiger partial charge on any atom is -0.00130 e. The van der Waals surface area contributed by atoms with Crippen molar-refractivity contribution < 1.29 is 0 Å². The van der Waals surface area contributed by atoms with Crippen LogP contribution in [0.1, 0.15) is 54.7 Å². The Bertz CT molecular complexity index is 2970. The van der Waals surface area contributed by atoms with Gasteiger partial charge in [-0.2, -0.15) is 0 Å². The quantitative estimate of drug-likeness (QED) is 0.158. The molecule has 0 amide bonds. The Kier molecular flexibility index (Phi) is 6.91. The third-order valence-electron chi connectivity index (χ3n) is 15.0. The lowest BCUT2D eigenvalue weighted by Gasteiger charge is -2.55. The van der Waals surface area contributed by atoms with Crippen LogP contribution in [0.15, 0.2) is 164 Å². The van der Waals surface area contributed by atoms with Gasteiger partial charge in [0.1, 0.15) is 0 Å². The summed E-state index contributed by atoms with van der Waals surface area (Å²) < 4.78 is 0. The minimum Gasteiger partial charge on any atom is -0.0622 e. The molecule has 9 aromatic carbocycles. The van der Waals surface area contributed by atoms with Crippen LogP contribution in [-0.2, 0) is 6.42 Å². The van der Waals surface area contributed by atoms with Crippen molar-refractivity contribution in [3.63, 3.8) is 0 Å². The van der Waals surface area contributed by atoms with E-state index in [-0.39, 0.29) is 0 Å². The molecular formula is C57H44. The number of hydrogen-bond donors (Lipinski definition) is 0. The van der Waals surface area contributed by atoms with Crippen LogP contribution in [0.5, 0.6) is 0 Å². The largest absolute Gasteiger partial charge is 0.0622 e. The maximum absolute atomic E-state index is 2.52. The number of benzene rings is 9. The standard InChI is InChI=1S/C57H44/c1-2-13-36(14-3-1)53-43-16-4-6-18-45(43)55(46-19-7-5-17-44(46)53)38-25-26-42-39(33-38)32-37-15-12-24-51(54(37)42)56-47-20-8-10-22-49(47)57(50-23-11-9-21-48(50)56)52-40-28-34-27-35(30-40)31-41(52)29-34/h1-26,33-35,40-41,52H,27-32H2. The van der Waals surface area contributed by atoms with E-state index in [1.54, 1.807) is 5.56 Å². The van der Waals surface area contributed by atoms with Gasteiger partial charge >= 0.3 is 0 Å². The molecule has 4 saturated carbocycles. The van der Waals surface area contributed by atoms with E-state index < -0.39 is 0 Å². The molecule has 0 unspecified atom stereocenters. The predicted octanol–water partition coefficient (Wildman–Crippen LogP) is 15.4. The molecule has 0 atom stereocenters. The first-order chi connectivity index (χ1) is 28.3. The van der Waals surface area contributed by atoms with Gasteiger partial charge in [-0.15, -0.1) is 0 Å². The highest BCUT2D eigenvalue weighted by molar-refractivity contribution is 6.22. The molecule has 9 aromatic rings. The van der Waals surface area contributed by atoms with Gasteiger partial charge in [0.2, 0.25) is 0 Å². The van der Waals surface area contributed by atoms with Gasteiger partial charge in [-0.1, -0.05) is 164 Å². The summed E-state index contributed by atoms with van der Waals surface area (Å²) >= 11 is 0. The van der Waals surface area contributed by atoms with E-state index in [0.717, 1.165) is 30.1 Å². The molecule has 0 N–H and O–H groups in total. The van der Waals surface area contributed by atoms with Gasteiger partial charge in [0.05, 0.1) is 0 Å². The Morgan fingerprint density at radius 1 is 0.316 bits per heavy atom. The van der Waals surface area contributed by atoms with Crippen LogP contribution in [0.25, 0.3) is 87.6 Å². The molecule has 0 nitrogen and oxygen atoms in total. The highest BCUT2D eigenvalue weighted by Gasteiger charge is 2.49. The number of hydrogen-bond acceptors (Lipinski definition) is 0. The van der Waals surface area contributed by atoms with Crippen LogP contribution in [0.2, 0.25) is 0 Å². The molecule has 0 spiro atoms. The third-order valence-corrected chi connectivity index (χ3v) is 15.0. The monoisotopic (exact) mass is 728 g/mol. The second-order valence-electron chi connectivity index (χ2n) is 17.9. The van der Waals surface area contributed by atoms with Crippen molar-refractivity contribution >= 4 is 43.1 Å². The van der Waals surface area contributed by atoms with Gasteiger partial charge in [-0.25, -0.2) is 0 Å². The molecule has 0 radical (unpaired) electrons. The van der Waals surface area contributed by atoms with E-state index in [2.05, 4.69) is 164 Å². The number of fused-ring (bicyclic) bond motifs is 7. The predicted molar refractivity (Wildman–Crippen MR) is 241 cm³/mol. The summed E-state index contributed by atoms with van der Waals surface area (Å²) in [5.41, 5.74) is 15.3. The summed E-state index contributed by atoms with van der Waals surface area (Å²) in [4.78, 5) is 0. The number of rotatable bonds is 4. The van der Waals surface area contributed by atoms with E-state index in [0.29, 0.717) is 5.92 Å². The normalized spacial score (nSPS) is 21.8. The van der Waals surface area contributed by atoms with E-state index >= 15 is 0 Å².